The maximum absolute atomic E-state index is 6.08. The van der Waals surface area contributed by atoms with Crippen molar-refractivity contribution >= 4 is 28.6 Å². The number of halogens is 1. The predicted molar refractivity (Wildman–Crippen MR) is 110 cm³/mol. The van der Waals surface area contributed by atoms with Gasteiger partial charge in [0.25, 0.3) is 0 Å². The number of aromatic nitrogens is 1. The molecule has 0 atom stereocenters. The number of para-hydroxylation sites is 1. The maximum atomic E-state index is 6.08. The highest BCUT2D eigenvalue weighted by atomic mass is 35.5. The Balaban J connectivity index is 1.82. The number of hydrogen-bond donors (Lipinski definition) is 0. The number of thiazole rings is 1. The van der Waals surface area contributed by atoms with Crippen LogP contribution in [0.1, 0.15) is 0 Å². The lowest BCUT2D eigenvalue weighted by Crippen LogP contribution is -2.52. The highest BCUT2D eigenvalue weighted by molar-refractivity contribution is 7.07. The molecule has 0 aliphatic carbocycles. The smallest absolute Gasteiger partial charge is 0.209 e. The fourth-order valence-corrected chi connectivity index (χ4v) is 4.13. The molecule has 1 aliphatic rings. The molecule has 134 valence electrons. The lowest BCUT2D eigenvalue weighted by Gasteiger charge is -2.35. The second kappa shape index (κ2) is 7.66. The van der Waals surface area contributed by atoms with Crippen LogP contribution in [-0.4, -0.2) is 42.8 Å². The molecule has 0 N–H and O–H groups in total. The van der Waals surface area contributed by atoms with Crippen molar-refractivity contribution in [2.45, 2.75) is 0 Å². The number of hydrogen-bond acceptors (Lipinski definition) is 4. The number of piperazine rings is 1. The van der Waals surface area contributed by atoms with Gasteiger partial charge in [0.15, 0.2) is 0 Å². The first-order chi connectivity index (χ1) is 12.7. The molecule has 0 amide bonds. The first kappa shape index (κ1) is 17.3. The van der Waals surface area contributed by atoms with Crippen molar-refractivity contribution in [1.29, 1.82) is 0 Å². The number of benzene rings is 2. The summed E-state index contributed by atoms with van der Waals surface area (Å²) in [5.41, 5.74) is 3.28. The molecular weight excluding hydrogens is 364 g/mol. The summed E-state index contributed by atoms with van der Waals surface area (Å²) in [5, 5.41) is 5.33. The van der Waals surface area contributed by atoms with Crippen LogP contribution in [0.4, 0.5) is 5.69 Å². The SMILES string of the molecule is CN1CCN(n2c(-c3ccc(Cl)cc3)csc2=Nc2ccccc2)CC1. The summed E-state index contributed by atoms with van der Waals surface area (Å²) in [6.45, 7) is 4.06. The average Bonchev–Trinajstić information content (AvgIpc) is 3.07. The second-order valence-corrected chi connectivity index (χ2v) is 7.70. The molecule has 26 heavy (non-hydrogen) atoms. The summed E-state index contributed by atoms with van der Waals surface area (Å²) in [7, 11) is 2.17. The Morgan fingerprint density at radius 2 is 1.62 bits per heavy atom. The Hall–Kier alpha value is -2.08. The van der Waals surface area contributed by atoms with E-state index in [-0.39, 0.29) is 0 Å². The van der Waals surface area contributed by atoms with Gasteiger partial charge >= 0.3 is 0 Å². The Morgan fingerprint density at radius 3 is 2.31 bits per heavy atom. The van der Waals surface area contributed by atoms with Crippen LogP contribution in [0.25, 0.3) is 11.3 Å². The van der Waals surface area contributed by atoms with Gasteiger partial charge in [0.05, 0.1) is 11.4 Å². The third kappa shape index (κ3) is 3.70. The van der Waals surface area contributed by atoms with Crippen LogP contribution in [0.2, 0.25) is 5.02 Å². The fraction of sp³-hybridized carbons (Fsp3) is 0.250. The molecule has 1 aromatic heterocycles. The van der Waals surface area contributed by atoms with Crippen LogP contribution >= 0.6 is 22.9 Å². The maximum Gasteiger partial charge on any atom is 0.209 e. The van der Waals surface area contributed by atoms with Gasteiger partial charge in [-0.3, -0.25) is 0 Å². The minimum Gasteiger partial charge on any atom is -0.308 e. The van der Waals surface area contributed by atoms with Crippen molar-refractivity contribution in [3.63, 3.8) is 0 Å². The summed E-state index contributed by atoms with van der Waals surface area (Å²) in [6, 6.07) is 18.2. The molecule has 1 saturated heterocycles. The summed E-state index contributed by atoms with van der Waals surface area (Å²) >= 11 is 7.75. The van der Waals surface area contributed by atoms with Crippen LogP contribution < -0.4 is 9.81 Å². The van der Waals surface area contributed by atoms with E-state index in [0.29, 0.717) is 0 Å². The van der Waals surface area contributed by atoms with Crippen molar-refractivity contribution in [3.05, 3.63) is 69.8 Å². The van der Waals surface area contributed by atoms with Gasteiger partial charge in [-0.05, 0) is 31.3 Å². The van der Waals surface area contributed by atoms with Crippen LogP contribution in [-0.2, 0) is 0 Å². The van der Waals surface area contributed by atoms with Gasteiger partial charge < -0.3 is 9.91 Å². The number of likely N-dealkylation sites (N-methyl/N-ethyl adjacent to an activating group) is 1. The predicted octanol–water partition coefficient (Wildman–Crippen LogP) is 3.99. The molecule has 0 saturated carbocycles. The number of nitrogens with zero attached hydrogens (tertiary/aromatic N) is 4. The van der Waals surface area contributed by atoms with Gasteiger partial charge in [0.1, 0.15) is 0 Å². The minimum atomic E-state index is 0.754. The van der Waals surface area contributed by atoms with Gasteiger partial charge in [-0.2, -0.15) is 0 Å². The Morgan fingerprint density at radius 1 is 0.923 bits per heavy atom. The minimum absolute atomic E-state index is 0.754. The van der Waals surface area contributed by atoms with Crippen LogP contribution in [0, 0.1) is 0 Å². The van der Waals surface area contributed by atoms with Crippen LogP contribution in [0.5, 0.6) is 0 Å². The Labute approximate surface area is 162 Å². The highest BCUT2D eigenvalue weighted by Gasteiger charge is 2.19. The molecule has 2 aromatic carbocycles. The van der Waals surface area contributed by atoms with Gasteiger partial charge in [0, 0.05) is 42.1 Å². The highest BCUT2D eigenvalue weighted by Crippen LogP contribution is 2.23. The molecule has 0 unspecified atom stereocenters. The molecule has 3 aromatic rings. The molecule has 4 nitrogen and oxygen atoms in total. The third-order valence-corrected chi connectivity index (χ3v) is 5.64. The molecular formula is C20H21ClN4S. The molecule has 1 aliphatic heterocycles. The van der Waals surface area contributed by atoms with Crippen molar-refractivity contribution in [2.75, 3.05) is 38.2 Å². The fourth-order valence-electron chi connectivity index (χ4n) is 3.08. The quantitative estimate of drug-likeness (QED) is 0.681. The van der Waals surface area contributed by atoms with E-state index in [1.807, 2.05) is 42.5 Å². The molecule has 6 heteroatoms. The zero-order valence-electron chi connectivity index (χ0n) is 14.7. The van der Waals surface area contributed by atoms with Gasteiger partial charge in [-0.25, -0.2) is 9.67 Å². The Bertz CT molecular complexity index is 922. The average molecular weight is 385 g/mol. The standard InChI is InChI=1S/C20H21ClN4S/c1-23-11-13-24(14-12-23)25-19(16-7-9-17(21)10-8-16)15-26-20(25)22-18-5-3-2-4-6-18/h2-10,15H,11-14H2,1H3. The monoisotopic (exact) mass is 384 g/mol. The van der Waals surface area contributed by atoms with E-state index in [0.717, 1.165) is 52.9 Å². The Kier molecular flexibility index (Phi) is 5.11. The lowest BCUT2D eigenvalue weighted by atomic mass is 10.2. The molecule has 2 heterocycles. The first-order valence-electron chi connectivity index (χ1n) is 8.71. The molecule has 1 fully saturated rings. The summed E-state index contributed by atoms with van der Waals surface area (Å²) in [5.74, 6) is 0. The van der Waals surface area contributed by atoms with E-state index < -0.39 is 0 Å². The van der Waals surface area contributed by atoms with Crippen LogP contribution in [0.3, 0.4) is 0 Å². The van der Waals surface area contributed by atoms with E-state index in [2.05, 4.69) is 39.1 Å². The second-order valence-electron chi connectivity index (χ2n) is 6.43. The molecule has 4 rings (SSSR count). The van der Waals surface area contributed by atoms with Crippen molar-refractivity contribution in [1.82, 2.24) is 9.58 Å². The van der Waals surface area contributed by atoms with E-state index >= 15 is 0 Å². The zero-order valence-corrected chi connectivity index (χ0v) is 16.2. The van der Waals surface area contributed by atoms with E-state index in [9.17, 15) is 0 Å². The van der Waals surface area contributed by atoms with E-state index in [1.54, 1.807) is 11.3 Å². The summed E-state index contributed by atoms with van der Waals surface area (Å²) < 4.78 is 2.27. The molecule has 0 radical (unpaired) electrons. The van der Waals surface area contributed by atoms with Crippen molar-refractivity contribution in [3.8, 4) is 11.3 Å². The topological polar surface area (TPSA) is 23.8 Å². The normalized spacial score (nSPS) is 16.2. The van der Waals surface area contributed by atoms with Gasteiger partial charge in [-0.1, -0.05) is 41.9 Å². The van der Waals surface area contributed by atoms with Crippen molar-refractivity contribution < 1.29 is 0 Å². The molecule has 0 spiro atoms. The third-order valence-electron chi connectivity index (χ3n) is 4.57. The zero-order chi connectivity index (χ0) is 17.9. The molecule has 0 bridgehead atoms. The van der Waals surface area contributed by atoms with E-state index in [1.165, 1.54) is 0 Å². The van der Waals surface area contributed by atoms with Gasteiger partial charge in [-0.15, -0.1) is 11.3 Å². The number of rotatable bonds is 3. The lowest BCUT2D eigenvalue weighted by molar-refractivity contribution is 0.287. The largest absolute Gasteiger partial charge is 0.308 e. The van der Waals surface area contributed by atoms with E-state index in [4.69, 9.17) is 16.6 Å². The van der Waals surface area contributed by atoms with Gasteiger partial charge in [0.2, 0.25) is 4.80 Å². The van der Waals surface area contributed by atoms with Crippen molar-refractivity contribution in [2.24, 2.45) is 4.99 Å². The summed E-state index contributed by atoms with van der Waals surface area (Å²) in [4.78, 5) is 8.25. The van der Waals surface area contributed by atoms with Crippen LogP contribution in [0.15, 0.2) is 65.0 Å². The first-order valence-corrected chi connectivity index (χ1v) is 9.96. The summed E-state index contributed by atoms with van der Waals surface area (Å²) in [6.07, 6.45) is 0.